The third-order valence-corrected chi connectivity index (χ3v) is 6.18. The summed E-state index contributed by atoms with van der Waals surface area (Å²) in [7, 11) is -3.30. The number of nitrogens with one attached hydrogen (secondary N) is 1. The summed E-state index contributed by atoms with van der Waals surface area (Å²) in [6.07, 6.45) is 3.11. The molecule has 0 bridgehead atoms. The minimum absolute atomic E-state index is 0.00328. The number of carbonyl (C=O) groups excluding carboxylic acids is 1. The number of hydrogen-bond acceptors (Lipinski definition) is 5. The smallest absolute Gasteiger partial charge is 0.239 e. The highest BCUT2D eigenvalue weighted by atomic mass is 32.2. The van der Waals surface area contributed by atoms with Gasteiger partial charge in [0.2, 0.25) is 15.9 Å². The number of rotatable bonds is 6. The van der Waals surface area contributed by atoms with Gasteiger partial charge in [-0.05, 0) is 33.2 Å². The Labute approximate surface area is 139 Å². The van der Waals surface area contributed by atoms with Crippen molar-refractivity contribution in [2.75, 3.05) is 45.1 Å². The summed E-state index contributed by atoms with van der Waals surface area (Å²) in [6, 6.07) is -0.0913. The maximum absolute atomic E-state index is 12.4. The van der Waals surface area contributed by atoms with Crippen LogP contribution in [0, 0.1) is 0 Å². The van der Waals surface area contributed by atoms with Crippen LogP contribution in [0.2, 0.25) is 0 Å². The van der Waals surface area contributed by atoms with Crippen molar-refractivity contribution in [3.8, 4) is 0 Å². The maximum Gasteiger partial charge on any atom is 0.239 e. The second kappa shape index (κ2) is 8.41. The number of piperidine rings is 1. The van der Waals surface area contributed by atoms with Crippen LogP contribution in [0.15, 0.2) is 0 Å². The van der Waals surface area contributed by atoms with Gasteiger partial charge in [0.15, 0.2) is 0 Å². The summed E-state index contributed by atoms with van der Waals surface area (Å²) >= 11 is 0. The summed E-state index contributed by atoms with van der Waals surface area (Å²) in [5.74, 6) is 0.119. The number of nitrogens with zero attached hydrogens (tertiary/aromatic N) is 2. The van der Waals surface area contributed by atoms with E-state index in [0.717, 1.165) is 25.8 Å². The molecule has 2 heterocycles. The third-order valence-electron chi connectivity index (χ3n) is 4.34. The van der Waals surface area contributed by atoms with Crippen LogP contribution in [0.5, 0.6) is 0 Å². The predicted octanol–water partition coefficient (Wildman–Crippen LogP) is 0.0275. The van der Waals surface area contributed by atoms with Gasteiger partial charge in [-0.2, -0.15) is 4.31 Å². The van der Waals surface area contributed by atoms with Crippen LogP contribution in [0.4, 0.5) is 0 Å². The molecule has 2 fully saturated rings. The first-order valence-corrected chi connectivity index (χ1v) is 10.1. The van der Waals surface area contributed by atoms with Gasteiger partial charge in [-0.3, -0.25) is 4.79 Å². The van der Waals surface area contributed by atoms with Crippen molar-refractivity contribution in [2.45, 2.75) is 45.3 Å². The highest BCUT2D eigenvalue weighted by Gasteiger charge is 2.31. The van der Waals surface area contributed by atoms with E-state index in [0.29, 0.717) is 26.2 Å². The van der Waals surface area contributed by atoms with E-state index in [1.54, 1.807) is 4.90 Å². The topological polar surface area (TPSA) is 79.0 Å². The molecule has 2 rings (SSSR count). The monoisotopic (exact) mass is 347 g/mol. The minimum atomic E-state index is -3.30. The average molecular weight is 347 g/mol. The molecule has 0 radical (unpaired) electrons. The molecule has 1 N–H and O–H groups in total. The van der Waals surface area contributed by atoms with Gasteiger partial charge in [0.25, 0.3) is 0 Å². The number of carbonyl (C=O) groups is 1. The van der Waals surface area contributed by atoms with Crippen LogP contribution in [-0.4, -0.2) is 80.8 Å². The number of sulfonamides is 1. The third kappa shape index (κ3) is 5.41. The summed E-state index contributed by atoms with van der Waals surface area (Å²) in [5, 5.41) is 3.26. The van der Waals surface area contributed by atoms with Gasteiger partial charge in [-0.1, -0.05) is 6.42 Å². The molecule has 8 heteroatoms. The molecule has 0 aromatic heterocycles. The van der Waals surface area contributed by atoms with E-state index in [1.165, 1.54) is 4.31 Å². The molecule has 2 saturated heterocycles. The van der Waals surface area contributed by atoms with Crippen molar-refractivity contribution < 1.29 is 17.9 Å². The molecule has 1 unspecified atom stereocenters. The number of ether oxygens (including phenoxy) is 1. The largest absolute Gasteiger partial charge is 0.378 e. The lowest BCUT2D eigenvalue weighted by molar-refractivity contribution is -0.135. The van der Waals surface area contributed by atoms with Gasteiger partial charge in [-0.15, -0.1) is 0 Å². The van der Waals surface area contributed by atoms with Gasteiger partial charge in [0.05, 0.1) is 24.5 Å². The number of hydrogen-bond donors (Lipinski definition) is 1. The summed E-state index contributed by atoms with van der Waals surface area (Å²) < 4.78 is 31.4. The Morgan fingerprint density at radius 3 is 2.48 bits per heavy atom. The van der Waals surface area contributed by atoms with Gasteiger partial charge < -0.3 is 15.0 Å². The zero-order valence-electron chi connectivity index (χ0n) is 14.2. The van der Waals surface area contributed by atoms with E-state index in [-0.39, 0.29) is 30.4 Å². The van der Waals surface area contributed by atoms with Crippen molar-refractivity contribution in [2.24, 2.45) is 0 Å². The van der Waals surface area contributed by atoms with Crippen LogP contribution in [0.1, 0.15) is 33.1 Å². The lowest BCUT2D eigenvalue weighted by Gasteiger charge is -2.36. The van der Waals surface area contributed by atoms with Gasteiger partial charge in [-0.25, -0.2) is 8.42 Å². The quantitative estimate of drug-likeness (QED) is 0.733. The number of piperazine rings is 1. The van der Waals surface area contributed by atoms with E-state index in [9.17, 15) is 13.2 Å². The van der Waals surface area contributed by atoms with Crippen molar-refractivity contribution in [3.63, 3.8) is 0 Å². The lowest BCUT2D eigenvalue weighted by Crippen LogP contribution is -2.56. The van der Waals surface area contributed by atoms with Crippen LogP contribution in [0.25, 0.3) is 0 Å². The molecule has 134 valence electrons. The molecule has 0 spiro atoms. The average Bonchev–Trinajstić information content (AvgIpc) is 2.54. The fourth-order valence-electron chi connectivity index (χ4n) is 2.99. The fraction of sp³-hybridized carbons (Fsp3) is 0.933. The van der Waals surface area contributed by atoms with E-state index in [1.807, 2.05) is 13.8 Å². The molecule has 0 aliphatic carbocycles. The van der Waals surface area contributed by atoms with Gasteiger partial charge >= 0.3 is 0 Å². The highest BCUT2D eigenvalue weighted by molar-refractivity contribution is 7.89. The standard InChI is InChI=1S/C15H29N3O4S/c1-13(2)22-11-12-23(20,21)18-9-7-17(8-10-18)15(19)14-5-3-4-6-16-14/h13-14,16H,3-12H2,1-2H3. The Bertz CT molecular complexity index is 481. The Morgan fingerprint density at radius 1 is 1.22 bits per heavy atom. The van der Waals surface area contributed by atoms with Crippen LogP contribution in [0.3, 0.4) is 0 Å². The first-order chi connectivity index (χ1) is 10.9. The Morgan fingerprint density at radius 2 is 1.91 bits per heavy atom. The molecule has 2 aliphatic rings. The van der Waals surface area contributed by atoms with Gasteiger partial charge in [0, 0.05) is 26.2 Å². The highest BCUT2D eigenvalue weighted by Crippen LogP contribution is 2.13. The Balaban J connectivity index is 1.79. The Hall–Kier alpha value is -0.700. The zero-order chi connectivity index (χ0) is 16.9. The molecule has 7 nitrogen and oxygen atoms in total. The Kier molecular flexibility index (Phi) is 6.82. The minimum Gasteiger partial charge on any atom is -0.378 e. The first-order valence-electron chi connectivity index (χ1n) is 8.52. The second-order valence-electron chi connectivity index (χ2n) is 6.46. The van der Waals surface area contributed by atoms with Crippen molar-refractivity contribution >= 4 is 15.9 Å². The second-order valence-corrected chi connectivity index (χ2v) is 8.55. The number of amides is 1. The summed E-state index contributed by atoms with van der Waals surface area (Å²) in [6.45, 7) is 6.58. The molecule has 0 aromatic carbocycles. The molecule has 0 aromatic rings. The van der Waals surface area contributed by atoms with Crippen molar-refractivity contribution in [1.82, 2.24) is 14.5 Å². The molecule has 2 aliphatic heterocycles. The normalized spacial score (nSPS) is 24.1. The molecule has 23 heavy (non-hydrogen) atoms. The molecular weight excluding hydrogens is 318 g/mol. The van der Waals surface area contributed by atoms with E-state index in [4.69, 9.17) is 4.74 Å². The zero-order valence-corrected chi connectivity index (χ0v) is 15.0. The SMILES string of the molecule is CC(C)OCCS(=O)(=O)N1CCN(C(=O)C2CCCCN2)CC1. The van der Waals surface area contributed by atoms with Crippen LogP contribution in [-0.2, 0) is 19.6 Å². The van der Waals surface area contributed by atoms with Crippen LogP contribution < -0.4 is 5.32 Å². The molecule has 1 amide bonds. The summed E-state index contributed by atoms with van der Waals surface area (Å²) in [5.41, 5.74) is 0. The predicted molar refractivity (Wildman–Crippen MR) is 88.7 cm³/mol. The van der Waals surface area contributed by atoms with E-state index >= 15 is 0 Å². The first kappa shape index (κ1) is 18.6. The van der Waals surface area contributed by atoms with E-state index in [2.05, 4.69) is 5.32 Å². The van der Waals surface area contributed by atoms with Gasteiger partial charge in [0.1, 0.15) is 0 Å². The maximum atomic E-state index is 12.4. The molecule has 0 saturated carbocycles. The van der Waals surface area contributed by atoms with E-state index < -0.39 is 10.0 Å². The van der Waals surface area contributed by atoms with Crippen molar-refractivity contribution in [3.05, 3.63) is 0 Å². The fourth-order valence-corrected chi connectivity index (χ4v) is 4.27. The lowest BCUT2D eigenvalue weighted by atomic mass is 10.0. The van der Waals surface area contributed by atoms with Crippen molar-refractivity contribution in [1.29, 1.82) is 0 Å². The molecule has 1 atom stereocenters. The van der Waals surface area contributed by atoms with Crippen LogP contribution >= 0.6 is 0 Å². The summed E-state index contributed by atoms with van der Waals surface area (Å²) in [4.78, 5) is 14.2. The molecular formula is C15H29N3O4S.